The second-order valence-corrected chi connectivity index (χ2v) is 13.6. The zero-order chi connectivity index (χ0) is 33.6. The summed E-state index contributed by atoms with van der Waals surface area (Å²) in [4.78, 5) is 13.1. The lowest BCUT2D eigenvalue weighted by Gasteiger charge is -2.26. The maximum Gasteiger partial charge on any atom is 0.265 e. The Labute approximate surface area is 272 Å². The van der Waals surface area contributed by atoms with Crippen LogP contribution < -0.4 is 33.3 Å². The van der Waals surface area contributed by atoms with Gasteiger partial charge in [0.1, 0.15) is 18.0 Å². The fourth-order valence-electron chi connectivity index (χ4n) is 4.37. The Hall–Kier alpha value is -4.66. The van der Waals surface area contributed by atoms with Crippen molar-refractivity contribution in [3.8, 4) is 23.0 Å². The number of carbonyl (C=O) groups is 1. The van der Waals surface area contributed by atoms with Gasteiger partial charge in [-0.3, -0.25) is 13.8 Å². The minimum Gasteiger partial charge on any atom is -0.497 e. The molecule has 1 amide bonds. The monoisotopic (exact) mass is 689 g/mol. The molecule has 46 heavy (non-hydrogen) atoms. The molecule has 0 radical (unpaired) electrons. The fraction of sp³-hybridized carbons (Fsp3) is 0.194. The second kappa shape index (κ2) is 14.2. The van der Waals surface area contributed by atoms with Gasteiger partial charge in [0.2, 0.25) is 5.91 Å². The Morgan fingerprint density at radius 2 is 1.39 bits per heavy atom. The van der Waals surface area contributed by atoms with Gasteiger partial charge in [0.15, 0.2) is 11.5 Å². The number of amides is 1. The van der Waals surface area contributed by atoms with Gasteiger partial charge in [-0.25, -0.2) is 16.8 Å². The number of nitrogens with one attached hydrogen (secondary N) is 2. The average molecular weight is 690 g/mol. The molecule has 0 aromatic heterocycles. The molecule has 4 aromatic carbocycles. The topological polar surface area (TPSA) is 150 Å². The molecule has 15 heteroatoms. The number of carbonyl (C=O) groups excluding carboxylic acids is 1. The number of methoxy groups -OCH3 is 4. The summed E-state index contributed by atoms with van der Waals surface area (Å²) >= 11 is 6.11. The van der Waals surface area contributed by atoms with E-state index in [-0.39, 0.29) is 32.7 Å². The first-order valence-electron chi connectivity index (χ1n) is 13.5. The van der Waals surface area contributed by atoms with Crippen LogP contribution in [-0.4, -0.2) is 57.7 Å². The van der Waals surface area contributed by atoms with Gasteiger partial charge in [0, 0.05) is 22.8 Å². The van der Waals surface area contributed by atoms with Crippen molar-refractivity contribution in [2.24, 2.45) is 0 Å². The van der Waals surface area contributed by atoms with Crippen LogP contribution in [0.15, 0.2) is 88.7 Å². The Balaban J connectivity index is 1.64. The van der Waals surface area contributed by atoms with Crippen LogP contribution in [0.4, 0.5) is 17.1 Å². The molecule has 0 fully saturated rings. The largest absolute Gasteiger partial charge is 0.497 e. The van der Waals surface area contributed by atoms with Crippen molar-refractivity contribution in [1.82, 2.24) is 0 Å². The van der Waals surface area contributed by atoms with Crippen molar-refractivity contribution in [2.45, 2.75) is 16.7 Å². The Bertz CT molecular complexity index is 1950. The highest BCUT2D eigenvalue weighted by Gasteiger charge is 2.31. The van der Waals surface area contributed by atoms with Gasteiger partial charge in [-0.15, -0.1) is 0 Å². The number of ether oxygens (including phenoxy) is 4. The van der Waals surface area contributed by atoms with E-state index < -0.39 is 32.5 Å². The van der Waals surface area contributed by atoms with Crippen LogP contribution in [0.5, 0.6) is 23.0 Å². The molecule has 0 spiro atoms. The highest BCUT2D eigenvalue weighted by Crippen LogP contribution is 2.37. The van der Waals surface area contributed by atoms with E-state index >= 15 is 0 Å². The third-order valence-electron chi connectivity index (χ3n) is 6.85. The molecule has 244 valence electrons. The molecule has 12 nitrogen and oxygen atoms in total. The van der Waals surface area contributed by atoms with Gasteiger partial charge in [0.05, 0.1) is 49.6 Å². The number of rotatable bonds is 13. The van der Waals surface area contributed by atoms with Crippen molar-refractivity contribution in [2.75, 3.05) is 49.3 Å². The number of hydrogen-bond acceptors (Lipinski definition) is 9. The van der Waals surface area contributed by atoms with Gasteiger partial charge < -0.3 is 24.3 Å². The van der Waals surface area contributed by atoms with E-state index in [0.29, 0.717) is 27.8 Å². The minimum absolute atomic E-state index is 0.0376. The van der Waals surface area contributed by atoms with Crippen LogP contribution in [0.3, 0.4) is 0 Å². The lowest BCUT2D eigenvalue weighted by molar-refractivity contribution is -0.114. The van der Waals surface area contributed by atoms with Crippen molar-refractivity contribution >= 4 is 54.6 Å². The van der Waals surface area contributed by atoms with Gasteiger partial charge in [0.25, 0.3) is 20.0 Å². The van der Waals surface area contributed by atoms with E-state index in [1.807, 2.05) is 0 Å². The summed E-state index contributed by atoms with van der Waals surface area (Å²) in [6.45, 7) is 1.00. The molecular formula is C31H32ClN3O9S2. The molecule has 0 aliphatic rings. The molecule has 0 aliphatic carbocycles. The third kappa shape index (κ3) is 7.41. The van der Waals surface area contributed by atoms with Crippen LogP contribution in [-0.2, 0) is 24.8 Å². The number of halogens is 1. The number of nitrogens with zero attached hydrogens (tertiary/aromatic N) is 1. The van der Waals surface area contributed by atoms with Gasteiger partial charge in [-0.1, -0.05) is 17.7 Å². The number of benzene rings is 4. The van der Waals surface area contributed by atoms with Crippen molar-refractivity contribution < 1.29 is 40.6 Å². The lowest BCUT2D eigenvalue weighted by Crippen LogP contribution is -2.38. The summed E-state index contributed by atoms with van der Waals surface area (Å²) in [5, 5.41) is 3.03. The Kier molecular flexibility index (Phi) is 10.6. The van der Waals surface area contributed by atoms with Crippen LogP contribution in [0.1, 0.15) is 5.56 Å². The maximum absolute atomic E-state index is 14.1. The molecular weight excluding hydrogens is 658 g/mol. The minimum atomic E-state index is -4.41. The van der Waals surface area contributed by atoms with Gasteiger partial charge >= 0.3 is 0 Å². The zero-order valence-corrected chi connectivity index (χ0v) is 27.9. The van der Waals surface area contributed by atoms with Gasteiger partial charge in [-0.2, -0.15) is 0 Å². The predicted molar refractivity (Wildman–Crippen MR) is 176 cm³/mol. The average Bonchev–Trinajstić information content (AvgIpc) is 3.05. The van der Waals surface area contributed by atoms with Crippen LogP contribution in [0.2, 0.25) is 5.02 Å². The molecule has 2 N–H and O–H groups in total. The summed E-state index contributed by atoms with van der Waals surface area (Å²) in [5.41, 5.74) is 1.16. The number of sulfonamides is 2. The van der Waals surface area contributed by atoms with Crippen LogP contribution in [0, 0.1) is 6.92 Å². The van der Waals surface area contributed by atoms with E-state index in [4.69, 9.17) is 30.5 Å². The Morgan fingerprint density at radius 1 is 0.761 bits per heavy atom. The van der Waals surface area contributed by atoms with Crippen molar-refractivity contribution in [1.29, 1.82) is 0 Å². The molecule has 0 saturated heterocycles. The highest BCUT2D eigenvalue weighted by molar-refractivity contribution is 7.93. The second-order valence-electron chi connectivity index (χ2n) is 9.66. The molecule has 4 aromatic rings. The lowest BCUT2D eigenvalue weighted by atomic mass is 10.2. The molecule has 0 heterocycles. The third-order valence-corrected chi connectivity index (χ3v) is 10.4. The quantitative estimate of drug-likeness (QED) is 0.190. The Morgan fingerprint density at radius 3 is 2.02 bits per heavy atom. The summed E-state index contributed by atoms with van der Waals surface area (Å²) in [5.74, 6) is 0.239. The summed E-state index contributed by atoms with van der Waals surface area (Å²) in [6, 6.07) is 18.8. The molecule has 0 atom stereocenters. The first kappa shape index (κ1) is 34.2. The number of hydrogen-bond donors (Lipinski definition) is 2. The predicted octanol–water partition coefficient (Wildman–Crippen LogP) is 5.32. The van der Waals surface area contributed by atoms with E-state index in [0.717, 1.165) is 4.31 Å². The fourth-order valence-corrected chi connectivity index (χ4v) is 7.10. The van der Waals surface area contributed by atoms with Gasteiger partial charge in [-0.05, 0) is 73.2 Å². The molecule has 0 unspecified atom stereocenters. The highest BCUT2D eigenvalue weighted by atomic mass is 35.5. The first-order valence-corrected chi connectivity index (χ1v) is 16.8. The normalized spacial score (nSPS) is 11.3. The molecule has 0 saturated carbocycles. The molecule has 0 aliphatic heterocycles. The molecule has 4 rings (SSSR count). The van der Waals surface area contributed by atoms with Crippen LogP contribution >= 0.6 is 11.6 Å². The van der Waals surface area contributed by atoms with Crippen molar-refractivity contribution in [3.63, 3.8) is 0 Å². The number of anilines is 3. The summed E-state index contributed by atoms with van der Waals surface area (Å²) in [6.07, 6.45) is 0. The maximum atomic E-state index is 14.1. The smallest absolute Gasteiger partial charge is 0.265 e. The zero-order valence-electron chi connectivity index (χ0n) is 25.5. The van der Waals surface area contributed by atoms with E-state index in [1.165, 1.54) is 83.0 Å². The summed E-state index contributed by atoms with van der Waals surface area (Å²) < 4.78 is 78.8. The SMILES string of the molecule is COc1ccc(OC)c(N(CC(=O)Nc2ccc(S(=O)(=O)Nc3cccc(Cl)c3C)cc2)S(=O)(=O)c2ccc(OC)c(OC)c2)c1. The van der Waals surface area contributed by atoms with Crippen molar-refractivity contribution in [3.05, 3.63) is 89.4 Å². The standard InChI is InChI=1S/C31H32ClN3O9S2/c1-20-25(32)7-6-8-26(20)34-45(37,38)23-12-9-21(10-13-23)33-31(36)19-35(27-17-22(41-2)11-15-28(27)42-3)46(39,40)24-14-16-29(43-4)30(18-24)44-5/h6-18,34H,19H2,1-5H3,(H,33,36). The van der Waals surface area contributed by atoms with E-state index in [1.54, 1.807) is 31.2 Å². The van der Waals surface area contributed by atoms with E-state index in [9.17, 15) is 21.6 Å². The first-order chi connectivity index (χ1) is 21.8. The van der Waals surface area contributed by atoms with Crippen LogP contribution in [0.25, 0.3) is 0 Å². The summed E-state index contributed by atoms with van der Waals surface area (Å²) in [7, 11) is -2.82. The van der Waals surface area contributed by atoms with E-state index in [2.05, 4.69) is 10.0 Å². The molecule has 0 bridgehead atoms.